The summed E-state index contributed by atoms with van der Waals surface area (Å²) in [5, 5.41) is 6.35. The molecule has 1 atom stereocenters. The van der Waals surface area contributed by atoms with E-state index in [2.05, 4.69) is 10.5 Å². The molecule has 0 radical (unpaired) electrons. The van der Waals surface area contributed by atoms with Gasteiger partial charge in [0.1, 0.15) is 12.4 Å². The minimum absolute atomic E-state index is 0.0312. The molecule has 2 aromatic rings. The molecule has 1 saturated heterocycles. The third-order valence-corrected chi connectivity index (χ3v) is 3.35. The number of nitrogens with zero attached hydrogens (tertiary/aromatic N) is 1. The lowest BCUT2D eigenvalue weighted by atomic mass is 10.1. The zero-order valence-electron chi connectivity index (χ0n) is 11.5. The Labute approximate surface area is 125 Å². The summed E-state index contributed by atoms with van der Waals surface area (Å²) in [6, 6.07) is 6.91. The summed E-state index contributed by atoms with van der Waals surface area (Å²) in [4.78, 5) is 22.9. The summed E-state index contributed by atoms with van der Waals surface area (Å²) in [5.74, 6) is -0.679. The Bertz CT molecular complexity index is 696. The molecule has 1 amide bonds. The van der Waals surface area contributed by atoms with E-state index in [0.29, 0.717) is 24.2 Å². The van der Waals surface area contributed by atoms with E-state index in [1.54, 1.807) is 0 Å². The van der Waals surface area contributed by atoms with Crippen molar-refractivity contribution in [1.82, 2.24) is 10.5 Å². The van der Waals surface area contributed by atoms with Gasteiger partial charge in [0.05, 0.1) is 6.04 Å². The Hall–Kier alpha value is -2.70. The number of halogens is 1. The van der Waals surface area contributed by atoms with Crippen molar-refractivity contribution in [3.05, 3.63) is 41.8 Å². The highest BCUT2D eigenvalue weighted by Crippen LogP contribution is 2.21. The molecule has 0 spiro atoms. The van der Waals surface area contributed by atoms with Crippen LogP contribution in [0.5, 0.6) is 0 Å². The normalized spacial score (nSPS) is 17.3. The summed E-state index contributed by atoms with van der Waals surface area (Å²) in [6.07, 6.45) is 1.09. The molecule has 2 heterocycles. The van der Waals surface area contributed by atoms with Gasteiger partial charge in [-0.1, -0.05) is 5.16 Å². The van der Waals surface area contributed by atoms with Crippen LogP contribution in [0.25, 0.3) is 11.3 Å². The molecule has 6 nitrogen and oxygen atoms in total. The Morgan fingerprint density at radius 3 is 2.86 bits per heavy atom. The Balaban J connectivity index is 1.61. The molecule has 0 unspecified atom stereocenters. The lowest BCUT2D eigenvalue weighted by molar-refractivity contribution is -0.119. The molecule has 0 aliphatic carbocycles. The van der Waals surface area contributed by atoms with Gasteiger partial charge in [-0.2, -0.15) is 0 Å². The summed E-state index contributed by atoms with van der Waals surface area (Å²) in [5.41, 5.74) is 0.639. The van der Waals surface area contributed by atoms with Gasteiger partial charge in [0.15, 0.2) is 11.5 Å². The van der Waals surface area contributed by atoms with Gasteiger partial charge >= 0.3 is 5.97 Å². The molecule has 0 saturated carbocycles. The van der Waals surface area contributed by atoms with Crippen molar-refractivity contribution in [3.63, 3.8) is 0 Å². The fourth-order valence-electron chi connectivity index (χ4n) is 2.17. The number of carbonyl (C=O) groups is 2. The molecule has 1 aromatic heterocycles. The monoisotopic (exact) mass is 304 g/mol. The molecule has 1 aliphatic heterocycles. The SMILES string of the molecule is O=C1CC[C@H](COC(=O)c2cc(-c3ccc(F)cc3)on2)N1. The van der Waals surface area contributed by atoms with Crippen LogP contribution >= 0.6 is 0 Å². The first-order chi connectivity index (χ1) is 10.6. The van der Waals surface area contributed by atoms with Crippen molar-refractivity contribution in [2.24, 2.45) is 0 Å². The summed E-state index contributed by atoms with van der Waals surface area (Å²) in [6.45, 7) is 0.101. The van der Waals surface area contributed by atoms with Gasteiger partial charge in [-0.25, -0.2) is 9.18 Å². The quantitative estimate of drug-likeness (QED) is 0.873. The van der Waals surface area contributed by atoms with Crippen molar-refractivity contribution >= 4 is 11.9 Å². The number of ether oxygens (including phenoxy) is 1. The molecule has 1 N–H and O–H groups in total. The van der Waals surface area contributed by atoms with Crippen molar-refractivity contribution in [2.75, 3.05) is 6.61 Å². The van der Waals surface area contributed by atoms with Gasteiger partial charge in [-0.05, 0) is 30.7 Å². The average molecular weight is 304 g/mol. The van der Waals surface area contributed by atoms with E-state index in [1.165, 1.54) is 30.3 Å². The first-order valence-corrected chi connectivity index (χ1v) is 6.81. The molecule has 3 rings (SSSR count). The molecular weight excluding hydrogens is 291 g/mol. The maximum atomic E-state index is 12.9. The predicted molar refractivity (Wildman–Crippen MR) is 73.3 cm³/mol. The Morgan fingerprint density at radius 2 is 2.18 bits per heavy atom. The molecule has 1 aliphatic rings. The molecule has 7 heteroatoms. The van der Waals surface area contributed by atoms with E-state index in [4.69, 9.17) is 9.26 Å². The number of carbonyl (C=O) groups excluding carboxylic acids is 2. The number of benzene rings is 1. The van der Waals surface area contributed by atoms with Gasteiger partial charge < -0.3 is 14.6 Å². The molecule has 114 valence electrons. The molecular formula is C15H13FN2O4. The number of amides is 1. The van der Waals surface area contributed by atoms with Crippen LogP contribution < -0.4 is 5.32 Å². The van der Waals surface area contributed by atoms with Crippen LogP contribution in [0.4, 0.5) is 4.39 Å². The van der Waals surface area contributed by atoms with Gasteiger partial charge in [-0.3, -0.25) is 4.79 Å². The van der Waals surface area contributed by atoms with E-state index in [-0.39, 0.29) is 30.1 Å². The second-order valence-electron chi connectivity index (χ2n) is 4.98. The third-order valence-electron chi connectivity index (χ3n) is 3.35. The van der Waals surface area contributed by atoms with Crippen LogP contribution in [0.2, 0.25) is 0 Å². The second-order valence-corrected chi connectivity index (χ2v) is 4.98. The van der Waals surface area contributed by atoms with Crippen molar-refractivity contribution in [3.8, 4) is 11.3 Å². The zero-order valence-corrected chi connectivity index (χ0v) is 11.5. The first kappa shape index (κ1) is 14.2. The molecule has 0 bridgehead atoms. The number of rotatable bonds is 4. The average Bonchev–Trinajstić information content (AvgIpc) is 3.15. The highest BCUT2D eigenvalue weighted by molar-refractivity contribution is 5.88. The van der Waals surface area contributed by atoms with Crippen LogP contribution in [0.3, 0.4) is 0 Å². The molecule has 22 heavy (non-hydrogen) atoms. The highest BCUT2D eigenvalue weighted by atomic mass is 19.1. The number of hydrogen-bond donors (Lipinski definition) is 1. The fourth-order valence-corrected chi connectivity index (χ4v) is 2.17. The number of esters is 1. The smallest absolute Gasteiger partial charge is 0.360 e. The molecule has 1 fully saturated rings. The molecule has 1 aromatic carbocycles. The maximum absolute atomic E-state index is 12.9. The topological polar surface area (TPSA) is 81.4 Å². The predicted octanol–water partition coefficient (Wildman–Crippen LogP) is 1.92. The summed E-state index contributed by atoms with van der Waals surface area (Å²) in [7, 11) is 0. The van der Waals surface area contributed by atoms with E-state index in [0.717, 1.165) is 0 Å². The second kappa shape index (κ2) is 5.97. The van der Waals surface area contributed by atoms with Gasteiger partial charge in [0.2, 0.25) is 5.91 Å². The van der Waals surface area contributed by atoms with Crippen molar-refractivity contribution in [1.29, 1.82) is 0 Å². The van der Waals surface area contributed by atoms with Crippen LogP contribution in [0.1, 0.15) is 23.3 Å². The van der Waals surface area contributed by atoms with Crippen molar-refractivity contribution in [2.45, 2.75) is 18.9 Å². The minimum atomic E-state index is -0.627. The summed E-state index contributed by atoms with van der Waals surface area (Å²) >= 11 is 0. The van der Waals surface area contributed by atoms with Gasteiger partial charge in [-0.15, -0.1) is 0 Å². The van der Waals surface area contributed by atoms with Gasteiger partial charge in [0.25, 0.3) is 0 Å². The number of hydrogen-bond acceptors (Lipinski definition) is 5. The third kappa shape index (κ3) is 3.13. The fraction of sp³-hybridized carbons (Fsp3) is 0.267. The van der Waals surface area contributed by atoms with E-state index in [9.17, 15) is 14.0 Å². The van der Waals surface area contributed by atoms with Crippen LogP contribution in [-0.2, 0) is 9.53 Å². The van der Waals surface area contributed by atoms with Gasteiger partial charge in [0, 0.05) is 18.1 Å². The zero-order chi connectivity index (χ0) is 15.5. The highest BCUT2D eigenvalue weighted by Gasteiger charge is 2.23. The Morgan fingerprint density at radius 1 is 1.41 bits per heavy atom. The maximum Gasteiger partial charge on any atom is 0.360 e. The largest absolute Gasteiger partial charge is 0.459 e. The van der Waals surface area contributed by atoms with Crippen molar-refractivity contribution < 1.29 is 23.2 Å². The van der Waals surface area contributed by atoms with E-state index < -0.39 is 5.97 Å². The lowest BCUT2D eigenvalue weighted by Gasteiger charge is -2.09. The van der Waals surface area contributed by atoms with Crippen LogP contribution in [0, 0.1) is 5.82 Å². The number of aromatic nitrogens is 1. The van der Waals surface area contributed by atoms with Crippen LogP contribution in [0.15, 0.2) is 34.9 Å². The lowest BCUT2D eigenvalue weighted by Crippen LogP contribution is -2.30. The Kier molecular flexibility index (Phi) is 3.86. The summed E-state index contributed by atoms with van der Waals surface area (Å²) < 4.78 is 23.0. The van der Waals surface area contributed by atoms with E-state index in [1.807, 2.05) is 0 Å². The number of nitrogens with one attached hydrogen (secondary N) is 1. The van der Waals surface area contributed by atoms with Crippen LogP contribution in [-0.4, -0.2) is 29.7 Å². The van der Waals surface area contributed by atoms with E-state index >= 15 is 0 Å². The standard InChI is InChI=1S/C15H13FN2O4/c16-10-3-1-9(2-4-10)13-7-12(18-22-13)15(20)21-8-11-5-6-14(19)17-11/h1-4,7,11H,5-6,8H2,(H,17,19)/t11-/m1/s1. The minimum Gasteiger partial charge on any atom is -0.459 e. The first-order valence-electron chi connectivity index (χ1n) is 6.81.